The lowest BCUT2D eigenvalue weighted by Crippen LogP contribution is -2.23. The molecule has 0 aliphatic heterocycles. The maximum atomic E-state index is 12.3. The predicted octanol–water partition coefficient (Wildman–Crippen LogP) is 2.78. The summed E-state index contributed by atoms with van der Waals surface area (Å²) in [4.78, 5) is 19.8. The smallest absolute Gasteiger partial charge is 0.273 e. The quantitative estimate of drug-likeness (QED) is 0.359. The van der Waals surface area contributed by atoms with Gasteiger partial charge in [-0.15, -0.1) is 10.2 Å². The molecular weight excluding hydrogens is 420 g/mol. The molecule has 4 aromatic heterocycles. The lowest BCUT2D eigenvalue weighted by Gasteiger charge is -2.04. The van der Waals surface area contributed by atoms with Gasteiger partial charge in [-0.3, -0.25) is 9.48 Å². The maximum absolute atomic E-state index is 12.3. The highest BCUT2D eigenvalue weighted by Gasteiger charge is 2.25. The second-order valence-corrected chi connectivity index (χ2v) is 8.35. The van der Waals surface area contributed by atoms with Crippen molar-refractivity contribution in [3.05, 3.63) is 59.3 Å². The van der Waals surface area contributed by atoms with Crippen LogP contribution in [0.2, 0.25) is 0 Å². The molecule has 1 aliphatic rings. The molecule has 2 N–H and O–H groups in total. The number of rotatable bonds is 10. The van der Waals surface area contributed by atoms with Crippen LogP contribution >= 0.6 is 0 Å². The van der Waals surface area contributed by atoms with Crippen molar-refractivity contribution in [1.82, 2.24) is 40.5 Å². The van der Waals surface area contributed by atoms with Gasteiger partial charge in [0.2, 0.25) is 5.88 Å². The molecule has 1 aliphatic carbocycles. The number of carbonyl (C=O) groups is 1. The SMILES string of the molecule is COc1ccc(CNC(=O)c2cn(CCCCc3cc4cc(C5CC5)[nH]c4nn3)nn2)cn1. The van der Waals surface area contributed by atoms with Gasteiger partial charge in [-0.1, -0.05) is 11.3 Å². The number of aromatic nitrogens is 7. The molecule has 0 radical (unpaired) electrons. The van der Waals surface area contributed by atoms with Gasteiger partial charge in [-0.05, 0) is 55.7 Å². The summed E-state index contributed by atoms with van der Waals surface area (Å²) in [5.74, 6) is 0.947. The van der Waals surface area contributed by atoms with E-state index in [-0.39, 0.29) is 5.91 Å². The van der Waals surface area contributed by atoms with E-state index in [1.165, 1.54) is 18.5 Å². The number of hydrogen-bond acceptors (Lipinski definition) is 7. The molecule has 1 amide bonds. The molecule has 10 nitrogen and oxygen atoms in total. The van der Waals surface area contributed by atoms with Crippen LogP contribution in [0.3, 0.4) is 0 Å². The van der Waals surface area contributed by atoms with Crippen molar-refractivity contribution in [3.8, 4) is 5.88 Å². The normalized spacial score (nSPS) is 13.4. The number of amides is 1. The number of methoxy groups -OCH3 is 1. The van der Waals surface area contributed by atoms with Gasteiger partial charge in [-0.2, -0.15) is 5.10 Å². The largest absolute Gasteiger partial charge is 0.481 e. The molecule has 0 bridgehead atoms. The van der Waals surface area contributed by atoms with E-state index in [0.717, 1.165) is 41.6 Å². The molecule has 0 unspecified atom stereocenters. The molecular formula is C23H26N8O2. The monoisotopic (exact) mass is 446 g/mol. The predicted molar refractivity (Wildman–Crippen MR) is 121 cm³/mol. The van der Waals surface area contributed by atoms with Gasteiger partial charge < -0.3 is 15.0 Å². The van der Waals surface area contributed by atoms with Crippen LogP contribution in [0.25, 0.3) is 11.0 Å². The number of aromatic amines is 1. The Morgan fingerprint density at radius 3 is 2.91 bits per heavy atom. The second-order valence-electron chi connectivity index (χ2n) is 8.35. The molecule has 10 heteroatoms. The Bertz CT molecular complexity index is 1240. The minimum Gasteiger partial charge on any atom is -0.481 e. The van der Waals surface area contributed by atoms with Gasteiger partial charge in [0.15, 0.2) is 11.3 Å². The topological polar surface area (TPSA) is 124 Å². The van der Waals surface area contributed by atoms with E-state index in [2.05, 4.69) is 47.9 Å². The van der Waals surface area contributed by atoms with Crippen LogP contribution in [0.1, 0.15) is 59.0 Å². The van der Waals surface area contributed by atoms with Crippen molar-refractivity contribution < 1.29 is 9.53 Å². The zero-order chi connectivity index (χ0) is 22.6. The lowest BCUT2D eigenvalue weighted by molar-refractivity contribution is 0.0946. The minimum absolute atomic E-state index is 0.266. The summed E-state index contributed by atoms with van der Waals surface area (Å²) in [6.45, 7) is 1.05. The van der Waals surface area contributed by atoms with E-state index < -0.39 is 0 Å². The second kappa shape index (κ2) is 9.35. The minimum atomic E-state index is -0.266. The number of carbonyl (C=O) groups excluding carboxylic acids is 1. The maximum Gasteiger partial charge on any atom is 0.273 e. The Morgan fingerprint density at radius 2 is 2.12 bits per heavy atom. The third-order valence-corrected chi connectivity index (χ3v) is 5.77. The van der Waals surface area contributed by atoms with Gasteiger partial charge in [-0.25, -0.2) is 4.98 Å². The first kappa shape index (κ1) is 21.0. The Labute approximate surface area is 190 Å². The average molecular weight is 447 g/mol. The zero-order valence-corrected chi connectivity index (χ0v) is 18.5. The van der Waals surface area contributed by atoms with Crippen molar-refractivity contribution in [2.75, 3.05) is 7.11 Å². The fourth-order valence-corrected chi connectivity index (χ4v) is 3.73. The molecule has 5 rings (SSSR count). The molecule has 0 spiro atoms. The molecule has 33 heavy (non-hydrogen) atoms. The highest BCUT2D eigenvalue weighted by atomic mass is 16.5. The Kier molecular flexibility index (Phi) is 5.97. The van der Waals surface area contributed by atoms with Crippen molar-refractivity contribution in [2.24, 2.45) is 0 Å². The van der Waals surface area contributed by atoms with E-state index in [1.807, 2.05) is 6.07 Å². The molecule has 0 aromatic carbocycles. The molecule has 4 heterocycles. The molecule has 0 saturated heterocycles. The van der Waals surface area contributed by atoms with Crippen molar-refractivity contribution in [3.63, 3.8) is 0 Å². The summed E-state index contributed by atoms with van der Waals surface area (Å²) in [6.07, 6.45) is 8.57. The van der Waals surface area contributed by atoms with Crippen LogP contribution in [0.5, 0.6) is 5.88 Å². The van der Waals surface area contributed by atoms with Crippen LogP contribution in [-0.4, -0.2) is 48.2 Å². The lowest BCUT2D eigenvalue weighted by atomic mass is 10.1. The van der Waals surface area contributed by atoms with E-state index in [9.17, 15) is 4.79 Å². The summed E-state index contributed by atoms with van der Waals surface area (Å²) in [5, 5.41) is 20.7. The van der Waals surface area contributed by atoms with Crippen LogP contribution < -0.4 is 10.1 Å². The van der Waals surface area contributed by atoms with E-state index >= 15 is 0 Å². The molecule has 0 atom stereocenters. The zero-order valence-electron chi connectivity index (χ0n) is 18.5. The highest BCUT2D eigenvalue weighted by Crippen LogP contribution is 2.40. The van der Waals surface area contributed by atoms with Crippen LogP contribution in [0.4, 0.5) is 0 Å². The molecule has 170 valence electrons. The van der Waals surface area contributed by atoms with Crippen molar-refractivity contribution in [1.29, 1.82) is 0 Å². The fourth-order valence-electron chi connectivity index (χ4n) is 3.73. The highest BCUT2D eigenvalue weighted by molar-refractivity contribution is 5.91. The number of fused-ring (bicyclic) bond motifs is 1. The number of ether oxygens (including phenoxy) is 1. The third-order valence-electron chi connectivity index (χ3n) is 5.77. The van der Waals surface area contributed by atoms with Gasteiger partial charge >= 0.3 is 0 Å². The Balaban J connectivity index is 1.07. The summed E-state index contributed by atoms with van der Waals surface area (Å²) >= 11 is 0. The number of H-pyrrole nitrogens is 1. The number of aryl methyl sites for hydroxylation is 2. The first-order valence-electron chi connectivity index (χ1n) is 11.2. The number of pyridine rings is 1. The molecule has 1 saturated carbocycles. The van der Waals surface area contributed by atoms with E-state index in [0.29, 0.717) is 30.6 Å². The summed E-state index contributed by atoms with van der Waals surface area (Å²) < 4.78 is 6.73. The first-order chi connectivity index (χ1) is 16.2. The van der Waals surface area contributed by atoms with E-state index in [1.54, 1.807) is 30.3 Å². The summed E-state index contributed by atoms with van der Waals surface area (Å²) in [6, 6.07) is 7.94. The summed E-state index contributed by atoms with van der Waals surface area (Å²) in [5.41, 5.74) is 4.32. The van der Waals surface area contributed by atoms with Crippen molar-refractivity contribution in [2.45, 2.75) is 51.1 Å². The number of hydrogen-bond donors (Lipinski definition) is 2. The first-order valence-corrected chi connectivity index (χ1v) is 11.2. The Morgan fingerprint density at radius 1 is 1.21 bits per heavy atom. The van der Waals surface area contributed by atoms with Crippen LogP contribution in [0.15, 0.2) is 36.7 Å². The Hall–Kier alpha value is -3.82. The molecule has 1 fully saturated rings. The van der Waals surface area contributed by atoms with Gasteiger partial charge in [0.25, 0.3) is 5.91 Å². The van der Waals surface area contributed by atoms with E-state index in [4.69, 9.17) is 4.74 Å². The third kappa shape index (κ3) is 5.16. The number of unbranched alkanes of at least 4 members (excludes halogenated alkanes) is 1. The fraction of sp³-hybridized carbons (Fsp3) is 0.391. The average Bonchev–Trinajstić information content (AvgIpc) is 3.43. The molecule has 4 aromatic rings. The van der Waals surface area contributed by atoms with Gasteiger partial charge in [0.1, 0.15) is 0 Å². The van der Waals surface area contributed by atoms with Gasteiger partial charge in [0.05, 0.1) is 19.0 Å². The van der Waals surface area contributed by atoms with Gasteiger partial charge in [0, 0.05) is 36.4 Å². The van der Waals surface area contributed by atoms with Crippen LogP contribution in [-0.2, 0) is 19.5 Å². The number of nitrogens with one attached hydrogen (secondary N) is 2. The van der Waals surface area contributed by atoms with Crippen molar-refractivity contribution >= 4 is 16.9 Å². The summed E-state index contributed by atoms with van der Waals surface area (Å²) in [7, 11) is 1.56. The number of nitrogens with zero attached hydrogens (tertiary/aromatic N) is 6. The standard InChI is InChI=1S/C23H26N8O2/c1-33-21-8-5-15(12-24-21)13-25-23(32)20-14-31(30-28-20)9-3-2-4-18-10-17-11-19(16-6-7-16)26-22(17)29-27-18/h5,8,10-12,14,16H,2-4,6-7,9,13H2,1H3,(H,25,32)(H,26,29). The van der Waals surface area contributed by atoms with Crippen LogP contribution in [0, 0.1) is 0 Å².